The molecule has 0 amide bonds. The molecule has 0 spiro atoms. The highest BCUT2D eigenvalue weighted by atomic mass is 16.6. The van der Waals surface area contributed by atoms with E-state index in [2.05, 4.69) is 15.3 Å². The van der Waals surface area contributed by atoms with Gasteiger partial charge in [-0.25, -0.2) is 4.68 Å². The molecule has 2 aromatic heterocycles. The van der Waals surface area contributed by atoms with Gasteiger partial charge in [0.05, 0.1) is 21.7 Å². The van der Waals surface area contributed by atoms with Crippen LogP contribution in [0.1, 0.15) is 0 Å². The van der Waals surface area contributed by atoms with Gasteiger partial charge in [-0.15, -0.1) is 0 Å². The first-order chi connectivity index (χ1) is 10.6. The first kappa shape index (κ1) is 13.4. The topological polar surface area (TPSA) is 133 Å². The maximum atomic E-state index is 10.9. The average molecular weight is 300 g/mol. The van der Waals surface area contributed by atoms with Gasteiger partial charge in [0.2, 0.25) is 0 Å². The van der Waals surface area contributed by atoms with E-state index in [0.29, 0.717) is 11.3 Å². The molecule has 0 aliphatic rings. The third kappa shape index (κ3) is 2.28. The molecule has 3 rings (SSSR count). The number of nitro benzene ring substituents is 1. The van der Waals surface area contributed by atoms with Crippen molar-refractivity contribution in [1.29, 1.82) is 0 Å². The zero-order valence-corrected chi connectivity index (χ0v) is 10.9. The largest absolute Gasteiger partial charge is 0.314 e. The Morgan fingerprint density at radius 2 is 1.77 bits per heavy atom. The summed E-state index contributed by atoms with van der Waals surface area (Å²) < 4.78 is 1.46. The Morgan fingerprint density at radius 1 is 1.05 bits per heavy atom. The number of hydrogen-bond acceptors (Lipinski definition) is 6. The Balaban J connectivity index is 1.95. The molecule has 1 N–H and O–H groups in total. The number of aromatic nitrogens is 4. The lowest BCUT2D eigenvalue weighted by molar-refractivity contribution is -0.384. The van der Waals surface area contributed by atoms with E-state index in [4.69, 9.17) is 0 Å². The van der Waals surface area contributed by atoms with Gasteiger partial charge in [-0.1, -0.05) is 0 Å². The lowest BCUT2D eigenvalue weighted by atomic mass is 10.2. The molecule has 0 saturated carbocycles. The normalized spacial score (nSPS) is 10.5. The zero-order valence-electron chi connectivity index (χ0n) is 10.9. The van der Waals surface area contributed by atoms with Gasteiger partial charge in [0, 0.05) is 23.9 Å². The van der Waals surface area contributed by atoms with Crippen LogP contribution in [0, 0.1) is 20.2 Å². The number of nitrogens with one attached hydrogen (secondary N) is 1. The van der Waals surface area contributed by atoms with E-state index in [-0.39, 0.29) is 17.1 Å². The summed E-state index contributed by atoms with van der Waals surface area (Å²) in [5, 5.41) is 31.8. The number of hydrogen-bond donors (Lipinski definition) is 1. The van der Waals surface area contributed by atoms with Crippen molar-refractivity contribution < 1.29 is 9.85 Å². The van der Waals surface area contributed by atoms with Crippen LogP contribution in [0.5, 0.6) is 0 Å². The Labute approximate surface area is 122 Å². The van der Waals surface area contributed by atoms with E-state index in [9.17, 15) is 20.2 Å². The third-order valence-electron chi connectivity index (χ3n) is 3.01. The van der Waals surface area contributed by atoms with Crippen LogP contribution in [0.2, 0.25) is 0 Å². The molecule has 0 fully saturated rings. The van der Waals surface area contributed by atoms with Gasteiger partial charge in [-0.2, -0.15) is 10.2 Å². The van der Waals surface area contributed by atoms with Crippen LogP contribution < -0.4 is 0 Å². The predicted octanol–water partition coefficient (Wildman–Crippen LogP) is 2.08. The van der Waals surface area contributed by atoms with Gasteiger partial charge in [0.1, 0.15) is 11.9 Å². The molecule has 0 radical (unpaired) electrons. The van der Waals surface area contributed by atoms with Crippen molar-refractivity contribution in [2.45, 2.75) is 0 Å². The fourth-order valence-corrected chi connectivity index (χ4v) is 1.95. The second-order valence-electron chi connectivity index (χ2n) is 4.33. The molecule has 0 unspecified atom stereocenters. The summed E-state index contributed by atoms with van der Waals surface area (Å²) in [6, 6.07) is 5.79. The van der Waals surface area contributed by atoms with Crippen molar-refractivity contribution in [1.82, 2.24) is 20.0 Å². The van der Waals surface area contributed by atoms with E-state index in [1.54, 1.807) is 6.20 Å². The molecule has 0 aliphatic heterocycles. The van der Waals surface area contributed by atoms with E-state index in [0.717, 1.165) is 6.20 Å². The average Bonchev–Trinajstić information content (AvgIpc) is 3.16. The van der Waals surface area contributed by atoms with Crippen molar-refractivity contribution >= 4 is 11.4 Å². The SMILES string of the molecule is O=[N+]([O-])c1ccc(-n2cc(-c3[nH]ncc3[N+](=O)[O-])cn2)cc1. The highest BCUT2D eigenvalue weighted by molar-refractivity contribution is 5.67. The number of H-pyrrole nitrogens is 1. The standard InChI is InChI=1S/C12H8N6O4/c19-17(20)10-3-1-9(2-4-10)16-7-8(5-14-16)12-11(18(21)22)6-13-15-12/h1-7H,(H,13,15). The molecule has 1 aromatic carbocycles. The number of non-ortho nitro benzene ring substituents is 1. The lowest BCUT2D eigenvalue weighted by Crippen LogP contribution is -1.95. The van der Waals surface area contributed by atoms with E-state index < -0.39 is 9.85 Å². The Kier molecular flexibility index (Phi) is 3.10. The molecular weight excluding hydrogens is 292 g/mol. The smallest absolute Gasteiger partial charge is 0.271 e. The Bertz CT molecular complexity index is 851. The number of nitro groups is 2. The second kappa shape index (κ2) is 5.09. The molecule has 0 bridgehead atoms. The number of aromatic amines is 1. The van der Waals surface area contributed by atoms with Crippen LogP contribution >= 0.6 is 0 Å². The minimum absolute atomic E-state index is 0.0275. The van der Waals surface area contributed by atoms with Gasteiger partial charge in [-0.05, 0) is 12.1 Å². The summed E-state index contributed by atoms with van der Waals surface area (Å²) in [7, 11) is 0. The quantitative estimate of drug-likeness (QED) is 0.579. The molecule has 22 heavy (non-hydrogen) atoms. The minimum Gasteiger partial charge on any atom is -0.271 e. The van der Waals surface area contributed by atoms with Crippen LogP contribution in [-0.4, -0.2) is 29.8 Å². The van der Waals surface area contributed by atoms with Crippen LogP contribution in [0.4, 0.5) is 11.4 Å². The summed E-state index contributed by atoms with van der Waals surface area (Å²) in [5.41, 5.74) is 1.16. The van der Waals surface area contributed by atoms with Crippen molar-refractivity contribution in [3.63, 3.8) is 0 Å². The third-order valence-corrected chi connectivity index (χ3v) is 3.01. The number of rotatable bonds is 4. The van der Waals surface area contributed by atoms with Crippen molar-refractivity contribution in [2.24, 2.45) is 0 Å². The maximum absolute atomic E-state index is 10.9. The van der Waals surface area contributed by atoms with E-state index in [1.807, 2.05) is 0 Å². The van der Waals surface area contributed by atoms with Gasteiger partial charge >= 0.3 is 5.69 Å². The van der Waals surface area contributed by atoms with Crippen molar-refractivity contribution in [3.05, 3.63) is 63.1 Å². The van der Waals surface area contributed by atoms with Gasteiger partial charge < -0.3 is 0 Å². The lowest BCUT2D eigenvalue weighted by Gasteiger charge is -1.99. The predicted molar refractivity (Wildman–Crippen MR) is 74.5 cm³/mol. The zero-order chi connectivity index (χ0) is 15.7. The van der Waals surface area contributed by atoms with Crippen molar-refractivity contribution in [3.8, 4) is 16.9 Å². The van der Waals surface area contributed by atoms with Crippen LogP contribution in [0.3, 0.4) is 0 Å². The van der Waals surface area contributed by atoms with E-state index >= 15 is 0 Å². The fraction of sp³-hybridized carbons (Fsp3) is 0. The summed E-state index contributed by atoms with van der Waals surface area (Å²) in [5.74, 6) is 0. The van der Waals surface area contributed by atoms with Crippen LogP contribution in [0.25, 0.3) is 16.9 Å². The molecule has 2 heterocycles. The molecular formula is C12H8N6O4. The second-order valence-corrected chi connectivity index (χ2v) is 4.33. The number of nitrogens with zero attached hydrogens (tertiary/aromatic N) is 5. The Hall–Kier alpha value is -3.56. The maximum Gasteiger partial charge on any atom is 0.314 e. The molecule has 0 saturated heterocycles. The minimum atomic E-state index is -0.540. The molecule has 3 aromatic rings. The summed E-state index contributed by atoms with van der Waals surface area (Å²) in [4.78, 5) is 20.5. The summed E-state index contributed by atoms with van der Waals surface area (Å²) in [6.45, 7) is 0. The van der Waals surface area contributed by atoms with Gasteiger partial charge in [0.15, 0.2) is 0 Å². The highest BCUT2D eigenvalue weighted by Crippen LogP contribution is 2.27. The fourth-order valence-electron chi connectivity index (χ4n) is 1.95. The molecule has 0 aliphatic carbocycles. The van der Waals surface area contributed by atoms with Gasteiger partial charge in [-0.3, -0.25) is 25.3 Å². The summed E-state index contributed by atoms with van der Waals surface area (Å²) >= 11 is 0. The molecule has 10 heteroatoms. The number of benzene rings is 1. The first-order valence-corrected chi connectivity index (χ1v) is 6.04. The van der Waals surface area contributed by atoms with Crippen LogP contribution in [-0.2, 0) is 0 Å². The van der Waals surface area contributed by atoms with Gasteiger partial charge in [0.25, 0.3) is 5.69 Å². The van der Waals surface area contributed by atoms with Crippen LogP contribution in [0.15, 0.2) is 42.9 Å². The molecule has 10 nitrogen and oxygen atoms in total. The monoisotopic (exact) mass is 300 g/mol. The first-order valence-electron chi connectivity index (χ1n) is 6.04. The molecule has 110 valence electrons. The van der Waals surface area contributed by atoms with E-state index in [1.165, 1.54) is 35.1 Å². The highest BCUT2D eigenvalue weighted by Gasteiger charge is 2.19. The molecule has 0 atom stereocenters. The summed E-state index contributed by atoms with van der Waals surface area (Å²) in [6.07, 6.45) is 4.14. The Morgan fingerprint density at radius 3 is 2.41 bits per heavy atom. The van der Waals surface area contributed by atoms with Crippen molar-refractivity contribution in [2.75, 3.05) is 0 Å².